The van der Waals surface area contributed by atoms with Gasteiger partial charge in [-0.25, -0.2) is 4.79 Å². The molecule has 2 N–H and O–H groups in total. The third-order valence-electron chi connectivity index (χ3n) is 2.10. The smallest absolute Gasteiger partial charge is 0.338 e. The molecule has 1 aromatic carbocycles. The summed E-state index contributed by atoms with van der Waals surface area (Å²) in [5.74, 6) is -0.336. The van der Waals surface area contributed by atoms with Gasteiger partial charge in [0.15, 0.2) is 0 Å². The molecule has 0 bridgehead atoms. The highest BCUT2D eigenvalue weighted by Gasteiger charge is 2.13. The first-order chi connectivity index (χ1) is 6.56. The average molecular weight is 193 g/mol. The third-order valence-corrected chi connectivity index (χ3v) is 2.10. The van der Waals surface area contributed by atoms with Crippen LogP contribution in [0.5, 0.6) is 0 Å². The van der Waals surface area contributed by atoms with Gasteiger partial charge in [-0.3, -0.25) is 0 Å². The SMILES string of the molecule is COC(=O)c1ccc(C)cc1C(C)N. The molecule has 0 heterocycles. The molecular formula is C11H15NO2. The van der Waals surface area contributed by atoms with Gasteiger partial charge in [-0.2, -0.15) is 0 Å². The van der Waals surface area contributed by atoms with Crippen molar-refractivity contribution in [3.63, 3.8) is 0 Å². The number of hydrogen-bond acceptors (Lipinski definition) is 3. The Labute approximate surface area is 83.9 Å². The van der Waals surface area contributed by atoms with Crippen molar-refractivity contribution in [2.75, 3.05) is 7.11 Å². The van der Waals surface area contributed by atoms with E-state index in [1.54, 1.807) is 6.07 Å². The third kappa shape index (κ3) is 2.12. The number of carbonyl (C=O) groups is 1. The van der Waals surface area contributed by atoms with Crippen molar-refractivity contribution in [1.29, 1.82) is 0 Å². The second-order valence-electron chi connectivity index (χ2n) is 3.37. The first-order valence-corrected chi connectivity index (χ1v) is 4.50. The second-order valence-corrected chi connectivity index (χ2v) is 3.37. The normalized spacial score (nSPS) is 12.3. The van der Waals surface area contributed by atoms with E-state index in [-0.39, 0.29) is 12.0 Å². The van der Waals surface area contributed by atoms with Gasteiger partial charge >= 0.3 is 5.97 Å². The van der Waals surface area contributed by atoms with Gasteiger partial charge in [0.1, 0.15) is 0 Å². The molecule has 1 rings (SSSR count). The number of methoxy groups -OCH3 is 1. The molecule has 1 unspecified atom stereocenters. The molecule has 0 saturated heterocycles. The van der Waals surface area contributed by atoms with Crippen LogP contribution >= 0.6 is 0 Å². The van der Waals surface area contributed by atoms with Crippen molar-refractivity contribution in [3.8, 4) is 0 Å². The predicted octanol–water partition coefficient (Wildman–Crippen LogP) is 1.80. The first-order valence-electron chi connectivity index (χ1n) is 4.50. The minimum absolute atomic E-state index is 0.163. The van der Waals surface area contributed by atoms with E-state index in [0.717, 1.165) is 11.1 Å². The highest BCUT2D eigenvalue weighted by Crippen LogP contribution is 2.18. The van der Waals surface area contributed by atoms with Gasteiger partial charge in [-0.15, -0.1) is 0 Å². The molecule has 0 saturated carbocycles. The van der Waals surface area contributed by atoms with Crippen LogP contribution in [-0.4, -0.2) is 13.1 Å². The van der Waals surface area contributed by atoms with Crippen LogP contribution in [0, 0.1) is 6.92 Å². The number of rotatable bonds is 2. The lowest BCUT2D eigenvalue weighted by Crippen LogP contribution is -2.13. The van der Waals surface area contributed by atoms with Crippen molar-refractivity contribution in [3.05, 3.63) is 34.9 Å². The van der Waals surface area contributed by atoms with Crippen LogP contribution in [0.15, 0.2) is 18.2 Å². The van der Waals surface area contributed by atoms with Crippen molar-refractivity contribution in [2.45, 2.75) is 19.9 Å². The molecule has 0 radical (unpaired) electrons. The lowest BCUT2D eigenvalue weighted by atomic mass is 9.99. The van der Waals surface area contributed by atoms with Gasteiger partial charge in [0, 0.05) is 6.04 Å². The number of esters is 1. The molecule has 1 atom stereocenters. The van der Waals surface area contributed by atoms with E-state index in [4.69, 9.17) is 5.73 Å². The highest BCUT2D eigenvalue weighted by molar-refractivity contribution is 5.91. The predicted molar refractivity (Wildman–Crippen MR) is 55.1 cm³/mol. The van der Waals surface area contributed by atoms with Crippen LogP contribution in [0.25, 0.3) is 0 Å². The van der Waals surface area contributed by atoms with Crippen molar-refractivity contribution in [2.24, 2.45) is 5.73 Å². The summed E-state index contributed by atoms with van der Waals surface area (Å²) in [5, 5.41) is 0. The number of nitrogens with two attached hydrogens (primary N) is 1. The summed E-state index contributed by atoms with van der Waals surface area (Å²) in [6.45, 7) is 3.81. The summed E-state index contributed by atoms with van der Waals surface area (Å²) in [4.78, 5) is 11.4. The zero-order valence-electron chi connectivity index (χ0n) is 8.70. The zero-order chi connectivity index (χ0) is 10.7. The first kappa shape index (κ1) is 10.7. The molecule has 0 amide bonds. The van der Waals surface area contributed by atoms with Crippen LogP contribution in [-0.2, 0) is 4.74 Å². The molecule has 3 nitrogen and oxygen atoms in total. The van der Waals surface area contributed by atoms with Crippen LogP contribution in [0.3, 0.4) is 0 Å². The van der Waals surface area contributed by atoms with E-state index in [1.165, 1.54) is 7.11 Å². The quantitative estimate of drug-likeness (QED) is 0.729. The Morgan fingerprint density at radius 2 is 2.14 bits per heavy atom. The lowest BCUT2D eigenvalue weighted by Gasteiger charge is -2.11. The van der Waals surface area contributed by atoms with E-state index in [2.05, 4.69) is 4.74 Å². The van der Waals surface area contributed by atoms with Gasteiger partial charge in [-0.1, -0.05) is 17.7 Å². The Hall–Kier alpha value is -1.35. The summed E-state index contributed by atoms with van der Waals surface area (Å²) in [6, 6.07) is 5.37. The number of ether oxygens (including phenoxy) is 1. The van der Waals surface area contributed by atoms with Crippen molar-refractivity contribution in [1.82, 2.24) is 0 Å². The molecule has 0 fully saturated rings. The summed E-state index contributed by atoms with van der Waals surface area (Å²) < 4.78 is 4.67. The molecule has 0 aliphatic carbocycles. The van der Waals surface area contributed by atoms with E-state index in [9.17, 15) is 4.79 Å². The standard InChI is InChI=1S/C11H15NO2/c1-7-4-5-9(11(13)14-3)10(6-7)8(2)12/h4-6,8H,12H2,1-3H3. The molecule has 76 valence electrons. The Bertz CT molecular complexity index is 345. The maximum absolute atomic E-state index is 11.4. The van der Waals surface area contributed by atoms with Crippen LogP contribution in [0.1, 0.15) is 34.5 Å². The molecule has 0 spiro atoms. The fraction of sp³-hybridized carbons (Fsp3) is 0.364. The van der Waals surface area contributed by atoms with Crippen LogP contribution < -0.4 is 5.73 Å². The topological polar surface area (TPSA) is 52.3 Å². The average Bonchev–Trinajstić information content (AvgIpc) is 2.16. The number of aryl methyl sites for hydroxylation is 1. The monoisotopic (exact) mass is 193 g/mol. The molecule has 0 aliphatic heterocycles. The van der Waals surface area contributed by atoms with Gasteiger partial charge in [0.25, 0.3) is 0 Å². The molecule has 14 heavy (non-hydrogen) atoms. The Morgan fingerprint density at radius 1 is 1.50 bits per heavy atom. The number of hydrogen-bond donors (Lipinski definition) is 1. The van der Waals surface area contributed by atoms with Crippen LogP contribution in [0.4, 0.5) is 0 Å². The molecular weight excluding hydrogens is 178 g/mol. The maximum atomic E-state index is 11.4. The van der Waals surface area contributed by atoms with Gasteiger partial charge < -0.3 is 10.5 Å². The largest absolute Gasteiger partial charge is 0.465 e. The molecule has 0 aliphatic rings. The summed E-state index contributed by atoms with van der Waals surface area (Å²) >= 11 is 0. The summed E-state index contributed by atoms with van der Waals surface area (Å²) in [7, 11) is 1.37. The minimum atomic E-state index is -0.336. The lowest BCUT2D eigenvalue weighted by molar-refractivity contribution is 0.0599. The maximum Gasteiger partial charge on any atom is 0.338 e. The minimum Gasteiger partial charge on any atom is -0.465 e. The number of benzene rings is 1. The Morgan fingerprint density at radius 3 is 2.64 bits per heavy atom. The van der Waals surface area contributed by atoms with Gasteiger partial charge in [0.05, 0.1) is 12.7 Å². The fourth-order valence-electron chi connectivity index (χ4n) is 1.35. The van der Waals surface area contributed by atoms with E-state index >= 15 is 0 Å². The zero-order valence-corrected chi connectivity index (χ0v) is 8.70. The Kier molecular flexibility index (Phi) is 3.25. The van der Waals surface area contributed by atoms with Crippen LogP contribution in [0.2, 0.25) is 0 Å². The van der Waals surface area contributed by atoms with Gasteiger partial charge in [0.2, 0.25) is 0 Å². The fourth-order valence-corrected chi connectivity index (χ4v) is 1.35. The second kappa shape index (κ2) is 4.24. The van der Waals surface area contributed by atoms with E-state index in [0.29, 0.717) is 5.56 Å². The molecule has 1 aromatic rings. The van der Waals surface area contributed by atoms with Crippen molar-refractivity contribution >= 4 is 5.97 Å². The van der Waals surface area contributed by atoms with E-state index in [1.807, 2.05) is 26.0 Å². The van der Waals surface area contributed by atoms with Gasteiger partial charge in [-0.05, 0) is 25.5 Å². The van der Waals surface area contributed by atoms with Crippen molar-refractivity contribution < 1.29 is 9.53 Å². The Balaban J connectivity index is 3.21. The summed E-state index contributed by atoms with van der Waals surface area (Å²) in [6.07, 6.45) is 0. The molecule has 0 aromatic heterocycles. The summed E-state index contributed by atoms with van der Waals surface area (Å²) in [5.41, 5.74) is 8.24. The highest BCUT2D eigenvalue weighted by atomic mass is 16.5. The molecule has 3 heteroatoms. The number of carbonyl (C=O) groups excluding carboxylic acids is 1. The van der Waals surface area contributed by atoms with E-state index < -0.39 is 0 Å².